The minimum atomic E-state index is -2.87. The summed E-state index contributed by atoms with van der Waals surface area (Å²) in [6, 6.07) is 0. The molecule has 0 unspecified atom stereocenters. The standard InChI is InChI=1S/C4H9NO.HO3P/c5-3-1-2-4-6;1-4(2)3/h2,4,6H,1,3,5H2;(H-,1,2,3)/p+1. The van der Waals surface area contributed by atoms with Crippen LogP contribution in [-0.4, -0.2) is 21.4 Å². The fourth-order valence-electron chi connectivity index (χ4n) is 0.171. The van der Waals surface area contributed by atoms with Gasteiger partial charge in [0, 0.05) is 4.57 Å². The lowest BCUT2D eigenvalue weighted by molar-refractivity contribution is 0.405. The van der Waals surface area contributed by atoms with Crippen LogP contribution < -0.4 is 5.73 Å². The zero-order chi connectivity index (χ0) is 8.41. The Kier molecular flexibility index (Phi) is 13.9. The SMILES string of the molecule is NCCC=CO.O=[P+](O)O. The predicted molar refractivity (Wildman–Crippen MR) is 37.5 cm³/mol. The first-order chi connectivity index (χ1) is 4.65. The predicted octanol–water partition coefficient (Wildman–Crippen LogP) is 0.0353. The van der Waals surface area contributed by atoms with Crippen LogP contribution in [0.5, 0.6) is 0 Å². The van der Waals surface area contributed by atoms with Crippen molar-refractivity contribution >= 4 is 8.25 Å². The fraction of sp³-hybridized carbons (Fsp3) is 0.500. The highest BCUT2D eigenvalue weighted by Gasteiger charge is 1.93. The number of aliphatic hydroxyl groups excluding tert-OH is 1. The van der Waals surface area contributed by atoms with Crippen molar-refractivity contribution in [2.75, 3.05) is 6.54 Å². The van der Waals surface area contributed by atoms with Crippen LogP contribution in [0.25, 0.3) is 0 Å². The Morgan fingerprint density at radius 2 is 1.90 bits per heavy atom. The average Bonchev–Trinajstić information content (AvgIpc) is 1.82. The summed E-state index contributed by atoms with van der Waals surface area (Å²) in [7, 11) is -2.87. The molecule has 0 spiro atoms. The molecular formula is C4H11NO4P+. The van der Waals surface area contributed by atoms with Crippen molar-refractivity contribution in [1.82, 2.24) is 0 Å². The van der Waals surface area contributed by atoms with E-state index in [4.69, 9.17) is 25.2 Å². The Balaban J connectivity index is 0. The highest BCUT2D eigenvalue weighted by molar-refractivity contribution is 7.30. The van der Waals surface area contributed by atoms with E-state index >= 15 is 0 Å². The molecule has 0 amide bonds. The summed E-state index contributed by atoms with van der Waals surface area (Å²) >= 11 is 0. The average molecular weight is 168 g/mol. The number of hydrogen-bond acceptors (Lipinski definition) is 3. The summed E-state index contributed by atoms with van der Waals surface area (Å²) in [5, 5.41) is 7.96. The van der Waals surface area contributed by atoms with E-state index < -0.39 is 8.25 Å². The highest BCUT2D eigenvalue weighted by atomic mass is 31.1. The molecule has 5 nitrogen and oxygen atoms in total. The van der Waals surface area contributed by atoms with Crippen LogP contribution in [0.2, 0.25) is 0 Å². The molecule has 0 radical (unpaired) electrons. The molecule has 0 aliphatic heterocycles. The summed E-state index contributed by atoms with van der Waals surface area (Å²) in [5.41, 5.74) is 5.05. The van der Waals surface area contributed by atoms with Crippen molar-refractivity contribution in [2.24, 2.45) is 5.73 Å². The number of rotatable bonds is 2. The van der Waals surface area contributed by atoms with Gasteiger partial charge in [0.1, 0.15) is 0 Å². The molecular weight excluding hydrogens is 157 g/mol. The second-order valence-electron chi connectivity index (χ2n) is 1.21. The molecule has 0 saturated carbocycles. The van der Waals surface area contributed by atoms with Crippen molar-refractivity contribution < 1.29 is 19.5 Å². The van der Waals surface area contributed by atoms with Gasteiger partial charge in [-0.2, -0.15) is 0 Å². The van der Waals surface area contributed by atoms with Crippen LogP contribution in [0.3, 0.4) is 0 Å². The lowest BCUT2D eigenvalue weighted by atomic mass is 10.4. The highest BCUT2D eigenvalue weighted by Crippen LogP contribution is 1.98. The molecule has 0 atom stereocenters. The van der Waals surface area contributed by atoms with Crippen LogP contribution in [0.4, 0.5) is 0 Å². The molecule has 0 saturated heterocycles. The van der Waals surface area contributed by atoms with Crippen LogP contribution in [0, 0.1) is 0 Å². The Morgan fingerprint density at radius 1 is 1.50 bits per heavy atom. The molecule has 0 bridgehead atoms. The first-order valence-electron chi connectivity index (χ1n) is 2.49. The zero-order valence-corrected chi connectivity index (χ0v) is 6.24. The van der Waals surface area contributed by atoms with Gasteiger partial charge in [-0.05, 0) is 19.0 Å². The maximum atomic E-state index is 8.70. The zero-order valence-electron chi connectivity index (χ0n) is 5.34. The summed E-state index contributed by atoms with van der Waals surface area (Å²) in [6.07, 6.45) is 3.38. The van der Waals surface area contributed by atoms with E-state index in [0.717, 1.165) is 12.7 Å². The lowest BCUT2D eigenvalue weighted by Gasteiger charge is -1.77. The van der Waals surface area contributed by atoms with Crippen LogP contribution in [0.15, 0.2) is 12.3 Å². The van der Waals surface area contributed by atoms with Crippen LogP contribution in [-0.2, 0) is 4.57 Å². The molecule has 6 heteroatoms. The number of hydrogen-bond donors (Lipinski definition) is 4. The molecule has 0 aliphatic carbocycles. The summed E-state index contributed by atoms with van der Waals surface area (Å²) < 4.78 is 8.70. The van der Waals surface area contributed by atoms with Crippen molar-refractivity contribution in [3.63, 3.8) is 0 Å². The van der Waals surface area contributed by atoms with Crippen LogP contribution >= 0.6 is 8.25 Å². The van der Waals surface area contributed by atoms with Crippen molar-refractivity contribution in [3.8, 4) is 0 Å². The first kappa shape index (κ1) is 12.2. The summed E-state index contributed by atoms with van der Waals surface area (Å²) in [4.78, 5) is 14.2. The van der Waals surface area contributed by atoms with Crippen molar-refractivity contribution in [2.45, 2.75) is 6.42 Å². The van der Waals surface area contributed by atoms with E-state index in [1.807, 2.05) is 0 Å². The molecule has 5 N–H and O–H groups in total. The number of nitrogens with two attached hydrogens (primary N) is 1. The molecule has 10 heavy (non-hydrogen) atoms. The van der Waals surface area contributed by atoms with Gasteiger partial charge in [0.25, 0.3) is 0 Å². The molecule has 60 valence electrons. The van der Waals surface area contributed by atoms with E-state index in [-0.39, 0.29) is 0 Å². The number of aliphatic hydroxyl groups is 1. The summed E-state index contributed by atoms with van der Waals surface area (Å²) in [5.74, 6) is 0. The van der Waals surface area contributed by atoms with E-state index in [9.17, 15) is 0 Å². The molecule has 0 aromatic heterocycles. The van der Waals surface area contributed by atoms with Gasteiger partial charge in [0.05, 0.1) is 6.26 Å². The van der Waals surface area contributed by atoms with Crippen LogP contribution in [0.1, 0.15) is 6.42 Å². The third kappa shape index (κ3) is 50.3. The Hall–Kier alpha value is -0.480. The van der Waals surface area contributed by atoms with E-state index in [2.05, 4.69) is 0 Å². The molecule has 0 rings (SSSR count). The lowest BCUT2D eigenvalue weighted by Crippen LogP contribution is -1.94. The Morgan fingerprint density at radius 3 is 2.00 bits per heavy atom. The van der Waals surface area contributed by atoms with Gasteiger partial charge in [0.15, 0.2) is 0 Å². The second kappa shape index (κ2) is 11.3. The third-order valence-corrected chi connectivity index (χ3v) is 0.439. The molecule has 0 aromatic carbocycles. The minimum absolute atomic E-state index is 0.608. The van der Waals surface area contributed by atoms with Gasteiger partial charge < -0.3 is 10.8 Å². The van der Waals surface area contributed by atoms with Gasteiger partial charge in [-0.15, -0.1) is 9.79 Å². The normalized spacial score (nSPS) is 8.70. The van der Waals surface area contributed by atoms with Gasteiger partial charge in [-0.1, -0.05) is 0 Å². The second-order valence-corrected chi connectivity index (χ2v) is 1.72. The first-order valence-corrected chi connectivity index (χ1v) is 3.66. The van der Waals surface area contributed by atoms with Crippen molar-refractivity contribution in [1.29, 1.82) is 0 Å². The molecule has 0 fully saturated rings. The topological polar surface area (TPSA) is 104 Å². The largest absolute Gasteiger partial charge is 0.692 e. The van der Waals surface area contributed by atoms with Gasteiger partial charge in [-0.25, -0.2) is 0 Å². The van der Waals surface area contributed by atoms with Gasteiger partial charge in [0.2, 0.25) is 0 Å². The molecule has 0 aromatic rings. The van der Waals surface area contributed by atoms with Gasteiger partial charge in [-0.3, -0.25) is 0 Å². The van der Waals surface area contributed by atoms with E-state index in [1.165, 1.54) is 0 Å². The molecule has 0 aliphatic rings. The van der Waals surface area contributed by atoms with E-state index in [1.54, 1.807) is 6.08 Å². The fourth-order valence-corrected chi connectivity index (χ4v) is 0.171. The van der Waals surface area contributed by atoms with Gasteiger partial charge >= 0.3 is 8.25 Å². The summed E-state index contributed by atoms with van der Waals surface area (Å²) in [6.45, 7) is 0.608. The third-order valence-electron chi connectivity index (χ3n) is 0.439. The Labute approximate surface area is 59.8 Å². The smallest absolute Gasteiger partial charge is 0.516 e. The van der Waals surface area contributed by atoms with E-state index in [0.29, 0.717) is 6.54 Å². The maximum Gasteiger partial charge on any atom is 0.692 e. The molecule has 0 heterocycles. The quantitative estimate of drug-likeness (QED) is 0.344. The Bertz CT molecular complexity index is 101. The minimum Gasteiger partial charge on any atom is -0.516 e. The maximum absolute atomic E-state index is 8.70. The van der Waals surface area contributed by atoms with Crippen molar-refractivity contribution in [3.05, 3.63) is 12.3 Å². The monoisotopic (exact) mass is 168 g/mol.